The van der Waals surface area contributed by atoms with E-state index in [1.807, 2.05) is 18.4 Å². The number of carbonyl (C=O) groups excluding carboxylic acids is 1. The first-order chi connectivity index (χ1) is 7.52. The minimum atomic E-state index is -0.114. The van der Waals surface area contributed by atoms with Crippen LogP contribution in [0, 0.1) is 6.92 Å². The Hall–Kier alpha value is -0.350. The van der Waals surface area contributed by atoms with E-state index in [1.165, 1.54) is 11.3 Å². The van der Waals surface area contributed by atoms with E-state index in [-0.39, 0.29) is 11.4 Å². The molecule has 1 atom stereocenters. The Bertz CT molecular complexity index is 364. The number of thiophene rings is 1. The fraction of sp³-hybridized carbons (Fsp3) is 0.583. The molecule has 0 aliphatic carbocycles. The van der Waals surface area contributed by atoms with E-state index in [1.54, 1.807) is 0 Å². The normalized spacial score (nSPS) is 14.5. The van der Waals surface area contributed by atoms with Crippen LogP contribution in [0.4, 0.5) is 0 Å². The maximum atomic E-state index is 12.1. The highest BCUT2D eigenvalue weighted by Gasteiger charge is 2.24. The van der Waals surface area contributed by atoms with Crippen molar-refractivity contribution in [3.63, 3.8) is 0 Å². The fourth-order valence-electron chi connectivity index (χ4n) is 1.47. The van der Waals surface area contributed by atoms with Gasteiger partial charge in [0.15, 0.2) is 0 Å². The van der Waals surface area contributed by atoms with E-state index >= 15 is 0 Å². The maximum Gasteiger partial charge on any atom is 0.262 e. The molecule has 90 valence electrons. The van der Waals surface area contributed by atoms with Crippen molar-refractivity contribution >= 4 is 33.2 Å². The number of amides is 1. The second kappa shape index (κ2) is 5.82. The molecule has 1 unspecified atom stereocenters. The van der Waals surface area contributed by atoms with Crippen LogP contribution in [-0.4, -0.2) is 16.8 Å². The molecule has 0 spiro atoms. The van der Waals surface area contributed by atoms with Gasteiger partial charge in [-0.15, -0.1) is 11.3 Å². The first-order valence-corrected chi connectivity index (χ1v) is 7.45. The van der Waals surface area contributed by atoms with E-state index in [0.717, 1.165) is 28.6 Å². The molecule has 1 aromatic rings. The Morgan fingerprint density at radius 3 is 2.75 bits per heavy atom. The number of hydrogen-bond acceptors (Lipinski definition) is 2. The van der Waals surface area contributed by atoms with Gasteiger partial charge in [0.2, 0.25) is 0 Å². The minimum absolute atomic E-state index is 0.0535. The second-order valence-corrected chi connectivity index (χ2v) is 5.95. The van der Waals surface area contributed by atoms with Crippen LogP contribution >= 0.6 is 27.3 Å². The van der Waals surface area contributed by atoms with Gasteiger partial charge < -0.3 is 5.32 Å². The van der Waals surface area contributed by atoms with Crippen molar-refractivity contribution in [2.75, 3.05) is 5.33 Å². The van der Waals surface area contributed by atoms with Crippen LogP contribution in [0.5, 0.6) is 0 Å². The summed E-state index contributed by atoms with van der Waals surface area (Å²) < 4.78 is 0. The third kappa shape index (κ3) is 3.32. The Labute approximate surface area is 110 Å². The van der Waals surface area contributed by atoms with E-state index in [9.17, 15) is 4.79 Å². The summed E-state index contributed by atoms with van der Waals surface area (Å²) in [4.78, 5) is 12.9. The number of alkyl halides is 1. The van der Waals surface area contributed by atoms with Crippen molar-refractivity contribution < 1.29 is 4.79 Å². The van der Waals surface area contributed by atoms with Crippen molar-refractivity contribution in [2.24, 2.45) is 0 Å². The van der Waals surface area contributed by atoms with Crippen LogP contribution in [0.1, 0.15) is 41.9 Å². The maximum absolute atomic E-state index is 12.1. The summed E-state index contributed by atoms with van der Waals surface area (Å²) >= 11 is 4.93. The molecule has 0 saturated heterocycles. The highest BCUT2D eigenvalue weighted by molar-refractivity contribution is 9.09. The van der Waals surface area contributed by atoms with Crippen molar-refractivity contribution in [1.29, 1.82) is 0 Å². The van der Waals surface area contributed by atoms with Gasteiger partial charge in [-0.3, -0.25) is 4.79 Å². The highest BCUT2D eigenvalue weighted by atomic mass is 79.9. The summed E-state index contributed by atoms with van der Waals surface area (Å²) in [5.41, 5.74) is 0.941. The first-order valence-electron chi connectivity index (χ1n) is 5.45. The lowest BCUT2D eigenvalue weighted by molar-refractivity contribution is 0.0905. The molecule has 16 heavy (non-hydrogen) atoms. The Balaban J connectivity index is 2.73. The van der Waals surface area contributed by atoms with E-state index in [0.29, 0.717) is 0 Å². The number of aryl methyl sites for hydroxylation is 1. The number of rotatable bonds is 5. The molecule has 4 heteroatoms. The topological polar surface area (TPSA) is 29.1 Å². The lowest BCUT2D eigenvalue weighted by atomic mass is 9.95. The van der Waals surface area contributed by atoms with Gasteiger partial charge in [0.1, 0.15) is 0 Å². The molecule has 0 bridgehead atoms. The van der Waals surface area contributed by atoms with Crippen molar-refractivity contribution in [1.82, 2.24) is 5.32 Å². The predicted molar refractivity (Wildman–Crippen MR) is 73.6 cm³/mol. The molecular weight excluding hydrogens is 286 g/mol. The zero-order valence-electron chi connectivity index (χ0n) is 9.97. The molecule has 0 fully saturated rings. The van der Waals surface area contributed by atoms with E-state index < -0.39 is 0 Å². The van der Waals surface area contributed by atoms with Crippen LogP contribution < -0.4 is 5.32 Å². The summed E-state index contributed by atoms with van der Waals surface area (Å²) in [7, 11) is 0. The molecule has 0 aliphatic heterocycles. The Kier molecular flexibility index (Phi) is 4.99. The van der Waals surface area contributed by atoms with Gasteiger partial charge >= 0.3 is 0 Å². The third-order valence-electron chi connectivity index (χ3n) is 2.91. The average Bonchev–Trinajstić information content (AvgIpc) is 2.65. The van der Waals surface area contributed by atoms with E-state index in [2.05, 4.69) is 35.1 Å². The van der Waals surface area contributed by atoms with Gasteiger partial charge in [-0.05, 0) is 43.7 Å². The summed E-state index contributed by atoms with van der Waals surface area (Å²) in [6.07, 6.45) is 1.88. The van der Waals surface area contributed by atoms with Crippen LogP contribution in [0.2, 0.25) is 0 Å². The predicted octanol–water partition coefficient (Wildman–Crippen LogP) is 3.74. The Morgan fingerprint density at radius 1 is 1.62 bits per heavy atom. The number of hydrogen-bond donors (Lipinski definition) is 1. The molecule has 0 radical (unpaired) electrons. The van der Waals surface area contributed by atoms with E-state index in [4.69, 9.17) is 0 Å². The van der Waals surface area contributed by atoms with Gasteiger partial charge in [0, 0.05) is 10.9 Å². The molecule has 1 amide bonds. The monoisotopic (exact) mass is 303 g/mol. The van der Waals surface area contributed by atoms with Crippen molar-refractivity contribution in [2.45, 2.75) is 39.2 Å². The molecule has 1 N–H and O–H groups in total. The van der Waals surface area contributed by atoms with Crippen molar-refractivity contribution in [3.8, 4) is 0 Å². The van der Waals surface area contributed by atoms with Crippen LogP contribution in [0.3, 0.4) is 0 Å². The van der Waals surface area contributed by atoms with Gasteiger partial charge in [-0.1, -0.05) is 22.9 Å². The molecule has 0 saturated carbocycles. The molecule has 0 aromatic carbocycles. The highest BCUT2D eigenvalue weighted by Crippen LogP contribution is 2.20. The zero-order chi connectivity index (χ0) is 12.2. The zero-order valence-corrected chi connectivity index (χ0v) is 12.4. The minimum Gasteiger partial charge on any atom is -0.346 e. The summed E-state index contributed by atoms with van der Waals surface area (Å²) in [5, 5.41) is 5.99. The van der Waals surface area contributed by atoms with Crippen LogP contribution in [-0.2, 0) is 0 Å². The molecule has 2 nitrogen and oxygen atoms in total. The molecule has 0 aliphatic rings. The Morgan fingerprint density at radius 2 is 2.31 bits per heavy atom. The lowest BCUT2D eigenvalue weighted by Crippen LogP contribution is -2.45. The van der Waals surface area contributed by atoms with Crippen LogP contribution in [0.15, 0.2) is 11.4 Å². The standard InChI is InChI=1S/C12H18BrNOS/c1-4-12(3,6-7-13)14-11(15)10-9(2)5-8-16-10/h5,8H,4,6-7H2,1-3H3,(H,14,15). The lowest BCUT2D eigenvalue weighted by Gasteiger charge is -2.28. The average molecular weight is 304 g/mol. The van der Waals surface area contributed by atoms with Gasteiger partial charge in [0.25, 0.3) is 5.91 Å². The molecule has 1 rings (SSSR count). The van der Waals surface area contributed by atoms with Gasteiger partial charge in [0.05, 0.1) is 4.88 Å². The fourth-order valence-corrected chi connectivity index (χ4v) is 3.17. The third-order valence-corrected chi connectivity index (χ3v) is 4.32. The van der Waals surface area contributed by atoms with Gasteiger partial charge in [-0.25, -0.2) is 0 Å². The largest absolute Gasteiger partial charge is 0.346 e. The SMILES string of the molecule is CCC(C)(CCBr)NC(=O)c1sccc1C. The number of carbonyl (C=O) groups is 1. The smallest absolute Gasteiger partial charge is 0.262 e. The second-order valence-electron chi connectivity index (χ2n) is 4.24. The van der Waals surface area contributed by atoms with Crippen molar-refractivity contribution in [3.05, 3.63) is 21.9 Å². The summed E-state index contributed by atoms with van der Waals surface area (Å²) in [6.45, 7) is 6.17. The molecular formula is C12H18BrNOS. The number of halogens is 1. The van der Waals surface area contributed by atoms with Gasteiger partial charge in [-0.2, -0.15) is 0 Å². The quantitative estimate of drug-likeness (QED) is 0.825. The number of nitrogens with one attached hydrogen (secondary N) is 1. The summed E-state index contributed by atoms with van der Waals surface area (Å²) in [5.74, 6) is 0.0535. The van der Waals surface area contributed by atoms with Crippen LogP contribution in [0.25, 0.3) is 0 Å². The summed E-state index contributed by atoms with van der Waals surface area (Å²) in [6, 6.07) is 1.98. The molecule has 1 aromatic heterocycles. The molecule has 1 heterocycles. The first kappa shape index (κ1) is 13.7.